The molecular formula is C16H12BrN5OS. The average Bonchev–Trinajstić information content (AvgIpc) is 3.12. The molecule has 0 atom stereocenters. The second kappa shape index (κ2) is 6.29. The Morgan fingerprint density at radius 1 is 1.25 bits per heavy atom. The van der Waals surface area contributed by atoms with E-state index >= 15 is 0 Å². The van der Waals surface area contributed by atoms with Crippen LogP contribution in [0.2, 0.25) is 0 Å². The fourth-order valence-corrected chi connectivity index (χ4v) is 3.59. The number of H-pyrrole nitrogens is 1. The molecule has 0 unspecified atom stereocenters. The zero-order valence-electron chi connectivity index (χ0n) is 12.4. The lowest BCUT2D eigenvalue weighted by Gasteiger charge is -2.04. The Bertz CT molecular complexity index is 1040. The topological polar surface area (TPSA) is 75.1 Å². The van der Waals surface area contributed by atoms with Crippen LogP contribution in [0.5, 0.6) is 0 Å². The van der Waals surface area contributed by atoms with Crippen LogP contribution < -0.4 is 5.32 Å². The van der Waals surface area contributed by atoms with Crippen LogP contribution in [0.4, 0.5) is 5.69 Å². The van der Waals surface area contributed by atoms with Crippen molar-refractivity contribution < 1.29 is 4.79 Å². The van der Waals surface area contributed by atoms with Crippen LogP contribution >= 0.6 is 27.7 Å². The number of carbonyl (C=O) groups is 1. The summed E-state index contributed by atoms with van der Waals surface area (Å²) in [6.07, 6.45) is 0. The van der Waals surface area contributed by atoms with Crippen LogP contribution in [0.1, 0.15) is 0 Å². The lowest BCUT2D eigenvalue weighted by molar-refractivity contribution is -0.113. The quantitative estimate of drug-likeness (QED) is 0.511. The fourth-order valence-electron chi connectivity index (χ4n) is 2.43. The van der Waals surface area contributed by atoms with E-state index in [1.54, 1.807) is 0 Å². The summed E-state index contributed by atoms with van der Waals surface area (Å²) in [6.45, 7) is 0. The SMILES string of the molecule is O=C(CSc1n[nH]c2nc3ccccc3n12)Nc1cccc(Br)c1. The first-order valence-corrected chi connectivity index (χ1v) is 8.98. The minimum Gasteiger partial charge on any atom is -0.325 e. The van der Waals surface area contributed by atoms with Gasteiger partial charge in [0, 0.05) is 10.2 Å². The number of carbonyl (C=O) groups excluding carboxylic acids is 1. The number of amides is 1. The number of aromatic amines is 1. The molecule has 4 rings (SSSR count). The summed E-state index contributed by atoms with van der Waals surface area (Å²) in [5.74, 6) is 0.851. The molecule has 0 aliphatic heterocycles. The monoisotopic (exact) mass is 401 g/mol. The van der Waals surface area contributed by atoms with Crippen molar-refractivity contribution in [3.8, 4) is 0 Å². The van der Waals surface area contributed by atoms with Gasteiger partial charge in [-0.1, -0.05) is 45.9 Å². The molecule has 2 aromatic heterocycles. The van der Waals surface area contributed by atoms with Crippen molar-refractivity contribution in [1.29, 1.82) is 0 Å². The summed E-state index contributed by atoms with van der Waals surface area (Å²) in [6, 6.07) is 15.3. The van der Waals surface area contributed by atoms with Crippen LogP contribution in [0.3, 0.4) is 0 Å². The summed E-state index contributed by atoms with van der Waals surface area (Å²) < 4.78 is 2.85. The van der Waals surface area contributed by atoms with Crippen LogP contribution in [-0.2, 0) is 4.79 Å². The number of nitrogens with one attached hydrogen (secondary N) is 2. The van der Waals surface area contributed by atoms with E-state index in [0.717, 1.165) is 21.2 Å². The maximum atomic E-state index is 12.1. The van der Waals surface area contributed by atoms with E-state index in [-0.39, 0.29) is 11.7 Å². The second-order valence-electron chi connectivity index (χ2n) is 5.11. The molecule has 2 aromatic carbocycles. The molecule has 0 fully saturated rings. The Morgan fingerprint density at radius 2 is 2.12 bits per heavy atom. The summed E-state index contributed by atoms with van der Waals surface area (Å²) in [5, 5.41) is 10.7. The highest BCUT2D eigenvalue weighted by Gasteiger charge is 2.13. The number of hydrogen-bond acceptors (Lipinski definition) is 4. The summed E-state index contributed by atoms with van der Waals surface area (Å²) >= 11 is 4.75. The third-order valence-electron chi connectivity index (χ3n) is 3.44. The van der Waals surface area contributed by atoms with Gasteiger partial charge in [-0.05, 0) is 30.3 Å². The Labute approximate surface area is 149 Å². The van der Waals surface area contributed by atoms with E-state index in [1.165, 1.54) is 11.8 Å². The van der Waals surface area contributed by atoms with Crippen molar-refractivity contribution in [2.45, 2.75) is 5.16 Å². The molecule has 0 saturated heterocycles. The number of rotatable bonds is 4. The van der Waals surface area contributed by atoms with Crippen molar-refractivity contribution in [3.05, 3.63) is 53.0 Å². The number of halogens is 1. The standard InChI is InChI=1S/C16H12BrN5OS/c17-10-4-3-5-11(8-10)18-14(23)9-24-16-21-20-15-19-12-6-1-2-7-13(12)22(15)16/h1-8H,9H2,(H,18,23)(H,19,20). The third-order valence-corrected chi connectivity index (χ3v) is 4.88. The van der Waals surface area contributed by atoms with Crippen molar-refractivity contribution in [2.75, 3.05) is 11.1 Å². The van der Waals surface area contributed by atoms with Crippen molar-refractivity contribution >= 4 is 56.1 Å². The molecule has 6 nitrogen and oxygen atoms in total. The zero-order valence-corrected chi connectivity index (χ0v) is 14.8. The van der Waals surface area contributed by atoms with Gasteiger partial charge in [-0.2, -0.15) is 0 Å². The molecule has 0 spiro atoms. The van der Waals surface area contributed by atoms with Gasteiger partial charge < -0.3 is 5.32 Å². The largest absolute Gasteiger partial charge is 0.325 e. The minimum atomic E-state index is -0.0846. The van der Waals surface area contributed by atoms with E-state index < -0.39 is 0 Å². The van der Waals surface area contributed by atoms with Gasteiger partial charge in [0.05, 0.1) is 16.8 Å². The number of thioether (sulfide) groups is 1. The Hall–Kier alpha value is -2.32. The number of benzene rings is 2. The van der Waals surface area contributed by atoms with Crippen molar-refractivity contribution in [1.82, 2.24) is 19.6 Å². The maximum absolute atomic E-state index is 12.1. The first-order valence-electron chi connectivity index (χ1n) is 7.20. The van der Waals surface area contributed by atoms with Gasteiger partial charge in [-0.15, -0.1) is 5.10 Å². The normalized spacial score (nSPS) is 11.2. The van der Waals surface area contributed by atoms with E-state index in [0.29, 0.717) is 10.9 Å². The Balaban J connectivity index is 1.51. The van der Waals surface area contributed by atoms with Gasteiger partial charge in [-0.25, -0.2) is 10.1 Å². The molecule has 0 aliphatic rings. The molecule has 0 radical (unpaired) electrons. The molecule has 120 valence electrons. The number of anilines is 1. The molecule has 0 saturated carbocycles. The van der Waals surface area contributed by atoms with E-state index in [4.69, 9.17) is 0 Å². The number of hydrogen-bond donors (Lipinski definition) is 2. The highest BCUT2D eigenvalue weighted by atomic mass is 79.9. The second-order valence-corrected chi connectivity index (χ2v) is 6.97. The van der Waals surface area contributed by atoms with Gasteiger partial charge in [0.2, 0.25) is 11.7 Å². The van der Waals surface area contributed by atoms with Gasteiger partial charge >= 0.3 is 0 Å². The number of aromatic nitrogens is 4. The Kier molecular flexibility index (Phi) is 3.99. The predicted octanol–water partition coefficient (Wildman–Crippen LogP) is 3.70. The molecular weight excluding hydrogens is 390 g/mol. The molecule has 4 aromatic rings. The van der Waals surface area contributed by atoms with E-state index in [1.807, 2.05) is 52.9 Å². The van der Waals surface area contributed by atoms with Gasteiger partial charge in [-0.3, -0.25) is 9.20 Å². The van der Waals surface area contributed by atoms with Crippen molar-refractivity contribution in [3.63, 3.8) is 0 Å². The number of fused-ring (bicyclic) bond motifs is 3. The summed E-state index contributed by atoms with van der Waals surface area (Å²) in [4.78, 5) is 16.6. The van der Waals surface area contributed by atoms with Crippen LogP contribution in [0.25, 0.3) is 16.8 Å². The van der Waals surface area contributed by atoms with E-state index in [2.05, 4.69) is 36.4 Å². The van der Waals surface area contributed by atoms with Gasteiger partial charge in [0.25, 0.3) is 0 Å². The summed E-state index contributed by atoms with van der Waals surface area (Å²) in [5.41, 5.74) is 2.62. The fraction of sp³-hybridized carbons (Fsp3) is 0.0625. The minimum absolute atomic E-state index is 0.0846. The number of nitrogens with zero attached hydrogens (tertiary/aromatic N) is 3. The Morgan fingerprint density at radius 3 is 3.00 bits per heavy atom. The first-order chi connectivity index (χ1) is 11.7. The lowest BCUT2D eigenvalue weighted by atomic mass is 10.3. The first kappa shape index (κ1) is 15.2. The summed E-state index contributed by atoms with van der Waals surface area (Å²) in [7, 11) is 0. The smallest absolute Gasteiger partial charge is 0.234 e. The molecule has 1 amide bonds. The van der Waals surface area contributed by atoms with Crippen LogP contribution in [0, 0.1) is 0 Å². The molecule has 2 N–H and O–H groups in total. The maximum Gasteiger partial charge on any atom is 0.234 e. The molecule has 0 bridgehead atoms. The highest BCUT2D eigenvalue weighted by molar-refractivity contribution is 9.10. The molecule has 24 heavy (non-hydrogen) atoms. The van der Waals surface area contributed by atoms with Crippen molar-refractivity contribution in [2.24, 2.45) is 0 Å². The van der Waals surface area contributed by atoms with Gasteiger partial charge in [0.1, 0.15) is 0 Å². The number of imidazole rings is 1. The van der Waals surface area contributed by atoms with E-state index in [9.17, 15) is 4.79 Å². The third kappa shape index (κ3) is 2.90. The highest BCUT2D eigenvalue weighted by Crippen LogP contribution is 2.23. The zero-order chi connectivity index (χ0) is 16.5. The average molecular weight is 402 g/mol. The van der Waals surface area contributed by atoms with Crippen LogP contribution in [-0.4, -0.2) is 31.2 Å². The molecule has 0 aliphatic carbocycles. The van der Waals surface area contributed by atoms with Crippen LogP contribution in [0.15, 0.2) is 58.2 Å². The van der Waals surface area contributed by atoms with Gasteiger partial charge in [0.15, 0.2) is 5.16 Å². The molecule has 8 heteroatoms. The predicted molar refractivity (Wildman–Crippen MR) is 98.3 cm³/mol. The lowest BCUT2D eigenvalue weighted by Crippen LogP contribution is -2.14. The number of para-hydroxylation sites is 2. The molecule has 2 heterocycles.